The van der Waals surface area contributed by atoms with E-state index in [0.29, 0.717) is 32.7 Å². The van der Waals surface area contributed by atoms with E-state index in [1.54, 1.807) is 11.3 Å². The first-order valence-corrected chi connectivity index (χ1v) is 11.2. The van der Waals surface area contributed by atoms with Crippen molar-refractivity contribution < 1.29 is 14.3 Å². The number of hydrogen-bond donors (Lipinski definition) is 1. The molecule has 0 bridgehead atoms. The number of benzene rings is 1. The van der Waals surface area contributed by atoms with E-state index < -0.39 is 0 Å². The predicted octanol–water partition coefficient (Wildman–Crippen LogP) is 3.90. The minimum atomic E-state index is -0.0668. The molecule has 6 heteroatoms. The molecule has 1 aromatic carbocycles. The Kier molecular flexibility index (Phi) is 6.01. The molecule has 154 valence electrons. The number of carbonyl (C=O) groups is 2. The van der Waals surface area contributed by atoms with E-state index in [1.165, 1.54) is 16.0 Å². The van der Waals surface area contributed by atoms with Gasteiger partial charge in [0, 0.05) is 18.0 Å². The maximum absolute atomic E-state index is 13.3. The third-order valence-electron chi connectivity index (χ3n) is 5.87. The average Bonchev–Trinajstić information content (AvgIpc) is 3.08. The van der Waals surface area contributed by atoms with E-state index in [1.807, 2.05) is 11.0 Å². The first-order valence-electron chi connectivity index (χ1n) is 10.4. The van der Waals surface area contributed by atoms with Crippen LogP contribution in [0.5, 0.6) is 0 Å². The summed E-state index contributed by atoms with van der Waals surface area (Å²) in [6, 6.07) is 6.12. The number of aryl methyl sites for hydroxylation is 3. The summed E-state index contributed by atoms with van der Waals surface area (Å²) in [5, 5.41) is 3.80. The van der Waals surface area contributed by atoms with Crippen molar-refractivity contribution in [2.45, 2.75) is 46.0 Å². The lowest BCUT2D eigenvalue weighted by Crippen LogP contribution is -2.41. The van der Waals surface area contributed by atoms with E-state index in [4.69, 9.17) is 4.74 Å². The number of nitrogens with zero attached hydrogens (tertiary/aromatic N) is 1. The molecule has 5 nitrogen and oxygen atoms in total. The van der Waals surface area contributed by atoms with Crippen LogP contribution in [0.4, 0.5) is 5.00 Å². The highest BCUT2D eigenvalue weighted by Crippen LogP contribution is 2.39. The van der Waals surface area contributed by atoms with Gasteiger partial charge in [-0.15, -0.1) is 11.3 Å². The summed E-state index contributed by atoms with van der Waals surface area (Å²) < 4.78 is 5.40. The third-order valence-corrected chi connectivity index (χ3v) is 7.08. The molecule has 1 fully saturated rings. The summed E-state index contributed by atoms with van der Waals surface area (Å²) in [5.41, 5.74) is 5.27. The van der Waals surface area contributed by atoms with Crippen molar-refractivity contribution in [3.63, 3.8) is 0 Å². The molecule has 2 aromatic rings. The van der Waals surface area contributed by atoms with Crippen LogP contribution < -0.4 is 5.32 Å². The molecule has 2 amide bonds. The van der Waals surface area contributed by atoms with Crippen molar-refractivity contribution in [1.29, 1.82) is 0 Å². The molecule has 2 heterocycles. The quantitative estimate of drug-likeness (QED) is 0.829. The molecule has 1 aliphatic carbocycles. The van der Waals surface area contributed by atoms with Gasteiger partial charge in [-0.3, -0.25) is 9.59 Å². The second kappa shape index (κ2) is 8.67. The number of rotatable bonds is 4. The van der Waals surface area contributed by atoms with Crippen molar-refractivity contribution in [2.75, 3.05) is 31.6 Å². The molecule has 1 N–H and O–H groups in total. The zero-order chi connectivity index (χ0) is 20.4. The van der Waals surface area contributed by atoms with Gasteiger partial charge >= 0.3 is 0 Å². The number of anilines is 1. The van der Waals surface area contributed by atoms with E-state index in [0.717, 1.165) is 47.4 Å². The highest BCUT2D eigenvalue weighted by atomic mass is 32.1. The van der Waals surface area contributed by atoms with Gasteiger partial charge in [-0.1, -0.05) is 18.2 Å². The van der Waals surface area contributed by atoms with Gasteiger partial charge in [-0.05, 0) is 61.8 Å². The van der Waals surface area contributed by atoms with Crippen molar-refractivity contribution >= 4 is 28.2 Å². The van der Waals surface area contributed by atoms with Crippen LogP contribution >= 0.6 is 11.3 Å². The largest absolute Gasteiger partial charge is 0.378 e. The van der Waals surface area contributed by atoms with Gasteiger partial charge < -0.3 is 15.0 Å². The van der Waals surface area contributed by atoms with E-state index in [2.05, 4.69) is 31.3 Å². The maximum Gasteiger partial charge on any atom is 0.257 e. The van der Waals surface area contributed by atoms with Crippen LogP contribution in [0.1, 0.15) is 50.3 Å². The Morgan fingerprint density at radius 1 is 1.10 bits per heavy atom. The Morgan fingerprint density at radius 2 is 1.86 bits per heavy atom. The molecule has 0 spiro atoms. The lowest BCUT2D eigenvalue weighted by molar-refractivity contribution is -0.115. The number of carbonyl (C=O) groups excluding carboxylic acids is 2. The van der Waals surface area contributed by atoms with E-state index in [-0.39, 0.29) is 11.8 Å². The zero-order valence-corrected chi connectivity index (χ0v) is 18.0. The smallest absolute Gasteiger partial charge is 0.257 e. The summed E-state index contributed by atoms with van der Waals surface area (Å²) in [4.78, 5) is 29.2. The molecule has 29 heavy (non-hydrogen) atoms. The summed E-state index contributed by atoms with van der Waals surface area (Å²) in [5.74, 6) is -0.0305. The van der Waals surface area contributed by atoms with Crippen LogP contribution in [0.25, 0.3) is 0 Å². The number of hydrogen-bond acceptors (Lipinski definition) is 4. The average molecular weight is 413 g/mol. The van der Waals surface area contributed by atoms with Crippen molar-refractivity contribution in [3.05, 3.63) is 50.9 Å². The Hall–Kier alpha value is -2.18. The van der Waals surface area contributed by atoms with Gasteiger partial charge in [0.2, 0.25) is 5.91 Å². The van der Waals surface area contributed by atoms with Gasteiger partial charge in [-0.2, -0.15) is 0 Å². The number of ether oxygens (including phenoxy) is 1. The Labute approximate surface area is 176 Å². The number of nitrogens with one attached hydrogen (secondary N) is 1. The second-order valence-electron chi connectivity index (χ2n) is 7.96. The van der Waals surface area contributed by atoms with Gasteiger partial charge in [0.25, 0.3) is 5.91 Å². The van der Waals surface area contributed by atoms with Gasteiger partial charge in [-0.25, -0.2) is 0 Å². The molecule has 0 unspecified atom stereocenters. The maximum atomic E-state index is 13.3. The summed E-state index contributed by atoms with van der Waals surface area (Å²) >= 11 is 1.59. The molecular formula is C23H28N2O3S. The number of amides is 2. The molecule has 0 saturated carbocycles. The molecule has 0 atom stereocenters. The standard InChI is InChI=1S/C23H28N2O3S/c1-15-7-8-17(13-16(15)2)14-20(26)24-22-21(18-5-3-4-6-19(18)29-22)23(27)25-9-11-28-12-10-25/h7-8,13H,3-6,9-12,14H2,1-2H3,(H,24,26). The highest BCUT2D eigenvalue weighted by molar-refractivity contribution is 7.17. The van der Waals surface area contributed by atoms with Gasteiger partial charge in [0.05, 0.1) is 25.2 Å². The topological polar surface area (TPSA) is 58.6 Å². The lowest BCUT2D eigenvalue weighted by atomic mass is 9.95. The highest BCUT2D eigenvalue weighted by Gasteiger charge is 2.30. The Balaban J connectivity index is 1.57. The van der Waals surface area contributed by atoms with Crippen LogP contribution in [-0.4, -0.2) is 43.0 Å². The zero-order valence-electron chi connectivity index (χ0n) is 17.2. The molecule has 0 radical (unpaired) electrons. The molecule has 4 rings (SSSR count). The van der Waals surface area contributed by atoms with Crippen LogP contribution in [0.3, 0.4) is 0 Å². The normalized spacial score (nSPS) is 16.4. The Morgan fingerprint density at radius 3 is 2.62 bits per heavy atom. The fourth-order valence-corrected chi connectivity index (χ4v) is 5.37. The SMILES string of the molecule is Cc1ccc(CC(=O)Nc2sc3c(c2C(=O)N2CCOCC2)CCCC3)cc1C. The second-order valence-corrected chi connectivity index (χ2v) is 9.07. The third kappa shape index (κ3) is 4.38. The first kappa shape index (κ1) is 20.1. The predicted molar refractivity (Wildman–Crippen MR) is 116 cm³/mol. The Bertz CT molecular complexity index is 928. The minimum absolute atomic E-state index is 0.0363. The molecule has 1 aromatic heterocycles. The molecular weight excluding hydrogens is 384 g/mol. The number of fused-ring (bicyclic) bond motifs is 1. The van der Waals surface area contributed by atoms with Gasteiger partial charge in [0.1, 0.15) is 5.00 Å². The number of morpholine rings is 1. The van der Waals surface area contributed by atoms with Crippen molar-refractivity contribution in [3.8, 4) is 0 Å². The van der Waals surface area contributed by atoms with Crippen LogP contribution in [0.2, 0.25) is 0 Å². The van der Waals surface area contributed by atoms with E-state index >= 15 is 0 Å². The van der Waals surface area contributed by atoms with Crippen molar-refractivity contribution in [2.24, 2.45) is 0 Å². The molecule has 2 aliphatic rings. The first-order chi connectivity index (χ1) is 14.0. The van der Waals surface area contributed by atoms with Gasteiger partial charge in [0.15, 0.2) is 0 Å². The van der Waals surface area contributed by atoms with Crippen LogP contribution in [0.15, 0.2) is 18.2 Å². The fraction of sp³-hybridized carbons (Fsp3) is 0.478. The summed E-state index contributed by atoms with van der Waals surface area (Å²) in [7, 11) is 0. The summed E-state index contributed by atoms with van der Waals surface area (Å²) in [6.45, 7) is 6.50. The van der Waals surface area contributed by atoms with Crippen molar-refractivity contribution in [1.82, 2.24) is 4.90 Å². The van der Waals surface area contributed by atoms with Crippen LogP contribution in [0, 0.1) is 13.8 Å². The molecule has 1 aliphatic heterocycles. The fourth-order valence-electron chi connectivity index (χ4n) is 4.07. The molecule has 1 saturated heterocycles. The monoisotopic (exact) mass is 412 g/mol. The van der Waals surface area contributed by atoms with E-state index in [9.17, 15) is 9.59 Å². The minimum Gasteiger partial charge on any atom is -0.378 e. The number of thiophene rings is 1. The van der Waals surface area contributed by atoms with Crippen LogP contribution in [-0.2, 0) is 28.8 Å². The lowest BCUT2D eigenvalue weighted by Gasteiger charge is -2.27. The summed E-state index contributed by atoms with van der Waals surface area (Å²) in [6.07, 6.45) is 4.48.